The van der Waals surface area contributed by atoms with Crippen LogP contribution in [0.25, 0.3) is 0 Å². The highest BCUT2D eigenvalue weighted by Crippen LogP contribution is 2.27. The molecule has 1 aliphatic heterocycles. The van der Waals surface area contributed by atoms with E-state index in [1.165, 1.54) is 19.3 Å². The summed E-state index contributed by atoms with van der Waals surface area (Å²) in [5, 5.41) is 13.9. The van der Waals surface area contributed by atoms with E-state index >= 15 is 0 Å². The number of aliphatic hydroxyl groups is 1. The zero-order valence-electron chi connectivity index (χ0n) is 11.9. The van der Waals surface area contributed by atoms with Crippen LogP contribution in [0.15, 0.2) is 24.3 Å². The van der Waals surface area contributed by atoms with Gasteiger partial charge >= 0.3 is 0 Å². The molecule has 3 nitrogen and oxygen atoms in total. The van der Waals surface area contributed by atoms with Crippen molar-refractivity contribution >= 4 is 0 Å². The molecule has 3 heteroatoms. The van der Waals surface area contributed by atoms with Crippen molar-refractivity contribution in [1.82, 2.24) is 5.32 Å². The summed E-state index contributed by atoms with van der Waals surface area (Å²) in [5.74, 6) is 1.61. The molecule has 1 aromatic rings. The van der Waals surface area contributed by atoms with Gasteiger partial charge in [0.15, 0.2) is 0 Å². The maximum Gasteiger partial charge on any atom is 0.119 e. The van der Waals surface area contributed by atoms with Crippen molar-refractivity contribution in [3.05, 3.63) is 29.8 Å². The predicted molar refractivity (Wildman–Crippen MR) is 77.4 cm³/mol. The second-order valence-corrected chi connectivity index (χ2v) is 5.48. The van der Waals surface area contributed by atoms with Crippen LogP contribution in [-0.2, 0) is 0 Å². The van der Waals surface area contributed by atoms with E-state index in [0.717, 1.165) is 30.2 Å². The third-order valence-electron chi connectivity index (χ3n) is 4.17. The summed E-state index contributed by atoms with van der Waals surface area (Å²) in [5.41, 5.74) is 0.944. The number of hydrogen-bond acceptors (Lipinski definition) is 3. The summed E-state index contributed by atoms with van der Waals surface area (Å²) >= 11 is 0. The van der Waals surface area contributed by atoms with Gasteiger partial charge in [-0.15, -0.1) is 0 Å². The molecule has 3 unspecified atom stereocenters. The molecule has 1 fully saturated rings. The minimum absolute atomic E-state index is 0.414. The molecule has 0 spiro atoms. The molecule has 106 valence electrons. The zero-order valence-corrected chi connectivity index (χ0v) is 11.9. The van der Waals surface area contributed by atoms with Gasteiger partial charge in [0.1, 0.15) is 5.75 Å². The minimum atomic E-state index is -0.414. The van der Waals surface area contributed by atoms with Gasteiger partial charge in [-0.05, 0) is 49.4 Å². The van der Waals surface area contributed by atoms with Gasteiger partial charge in [-0.25, -0.2) is 0 Å². The van der Waals surface area contributed by atoms with Crippen molar-refractivity contribution in [2.45, 2.75) is 44.8 Å². The van der Waals surface area contributed by atoms with Crippen molar-refractivity contribution in [1.29, 1.82) is 0 Å². The fourth-order valence-corrected chi connectivity index (χ4v) is 2.90. The van der Waals surface area contributed by atoms with E-state index in [1.807, 2.05) is 24.3 Å². The van der Waals surface area contributed by atoms with Gasteiger partial charge in [0.2, 0.25) is 0 Å². The maximum absolute atomic E-state index is 10.4. The fraction of sp³-hybridized carbons (Fsp3) is 0.625. The Bertz CT molecular complexity index is 394. The molecule has 2 N–H and O–H groups in total. The monoisotopic (exact) mass is 263 g/mol. The fourth-order valence-electron chi connectivity index (χ4n) is 2.90. The van der Waals surface area contributed by atoms with Crippen LogP contribution in [0.4, 0.5) is 0 Å². The highest BCUT2D eigenvalue weighted by atomic mass is 16.5. The number of ether oxygens (including phenoxy) is 1. The Hall–Kier alpha value is -1.06. The first-order valence-electron chi connectivity index (χ1n) is 7.28. The molecular formula is C16H25NO2. The Morgan fingerprint density at radius 2 is 2.32 bits per heavy atom. The molecule has 1 heterocycles. The molecule has 3 atom stereocenters. The molecule has 0 radical (unpaired) electrons. The van der Waals surface area contributed by atoms with E-state index in [4.69, 9.17) is 4.74 Å². The van der Waals surface area contributed by atoms with Gasteiger partial charge in [0.25, 0.3) is 0 Å². The highest BCUT2D eigenvalue weighted by Gasteiger charge is 2.23. The predicted octanol–water partition coefficient (Wildman–Crippen LogP) is 2.90. The molecule has 19 heavy (non-hydrogen) atoms. The lowest BCUT2D eigenvalue weighted by Gasteiger charge is -2.31. The van der Waals surface area contributed by atoms with Gasteiger partial charge in [-0.3, -0.25) is 0 Å². The third kappa shape index (κ3) is 3.95. The largest absolute Gasteiger partial charge is 0.497 e. The summed E-state index contributed by atoms with van der Waals surface area (Å²) in [7, 11) is 1.65. The summed E-state index contributed by atoms with van der Waals surface area (Å²) < 4.78 is 5.20. The number of rotatable bonds is 5. The molecule has 0 aromatic heterocycles. The zero-order chi connectivity index (χ0) is 13.7. The Morgan fingerprint density at radius 3 is 3.05 bits per heavy atom. The highest BCUT2D eigenvalue weighted by molar-refractivity contribution is 5.29. The lowest BCUT2D eigenvalue weighted by molar-refractivity contribution is 0.135. The van der Waals surface area contributed by atoms with E-state index in [-0.39, 0.29) is 0 Å². The summed E-state index contributed by atoms with van der Waals surface area (Å²) in [6, 6.07) is 8.15. The van der Waals surface area contributed by atoms with Crippen LogP contribution in [-0.4, -0.2) is 24.8 Å². The quantitative estimate of drug-likeness (QED) is 0.858. The molecule has 1 aromatic carbocycles. The van der Waals surface area contributed by atoms with Crippen LogP contribution in [0.5, 0.6) is 5.75 Å². The van der Waals surface area contributed by atoms with Crippen molar-refractivity contribution in [3.63, 3.8) is 0 Å². The Labute approximate surface area is 116 Å². The van der Waals surface area contributed by atoms with Gasteiger partial charge in [-0.2, -0.15) is 0 Å². The molecule has 1 aliphatic rings. The first-order valence-corrected chi connectivity index (χ1v) is 7.28. The average molecular weight is 263 g/mol. The standard InChI is InChI=1S/C16H25NO2/c1-3-12-7-8-17-14(9-12)11-16(18)13-5-4-6-15(10-13)19-2/h4-6,10,12,14,16-18H,3,7-9,11H2,1-2H3. The number of aliphatic hydroxyl groups excluding tert-OH is 1. The van der Waals surface area contributed by atoms with Gasteiger partial charge in [0, 0.05) is 6.04 Å². The van der Waals surface area contributed by atoms with Crippen LogP contribution in [0.1, 0.15) is 44.3 Å². The van der Waals surface area contributed by atoms with E-state index in [0.29, 0.717) is 6.04 Å². The SMILES string of the molecule is CCC1CCNC(CC(O)c2cccc(OC)c2)C1. The number of piperidine rings is 1. The molecule has 0 amide bonds. The molecule has 2 rings (SSSR count). The van der Waals surface area contributed by atoms with Crippen molar-refractivity contribution in [2.24, 2.45) is 5.92 Å². The van der Waals surface area contributed by atoms with E-state index in [1.54, 1.807) is 7.11 Å². The van der Waals surface area contributed by atoms with Gasteiger partial charge < -0.3 is 15.2 Å². The van der Waals surface area contributed by atoms with E-state index < -0.39 is 6.10 Å². The van der Waals surface area contributed by atoms with Crippen LogP contribution in [0.2, 0.25) is 0 Å². The van der Waals surface area contributed by atoms with Crippen LogP contribution in [0, 0.1) is 5.92 Å². The molecule has 0 saturated carbocycles. The van der Waals surface area contributed by atoms with Crippen molar-refractivity contribution in [3.8, 4) is 5.75 Å². The third-order valence-corrected chi connectivity index (χ3v) is 4.17. The molecular weight excluding hydrogens is 238 g/mol. The van der Waals surface area contributed by atoms with Gasteiger partial charge in [-0.1, -0.05) is 25.5 Å². The smallest absolute Gasteiger partial charge is 0.119 e. The summed E-state index contributed by atoms with van der Waals surface area (Å²) in [6.07, 6.45) is 4.06. The van der Waals surface area contributed by atoms with Crippen molar-refractivity contribution in [2.75, 3.05) is 13.7 Å². The Balaban J connectivity index is 1.94. The normalized spacial score (nSPS) is 25.0. The second-order valence-electron chi connectivity index (χ2n) is 5.48. The summed E-state index contributed by atoms with van der Waals surface area (Å²) in [4.78, 5) is 0. The van der Waals surface area contributed by atoms with Crippen LogP contribution in [0.3, 0.4) is 0 Å². The molecule has 0 bridgehead atoms. The number of hydrogen-bond donors (Lipinski definition) is 2. The Morgan fingerprint density at radius 1 is 1.47 bits per heavy atom. The van der Waals surface area contributed by atoms with E-state index in [9.17, 15) is 5.11 Å². The van der Waals surface area contributed by atoms with Crippen LogP contribution < -0.4 is 10.1 Å². The lowest BCUT2D eigenvalue weighted by Crippen LogP contribution is -2.38. The minimum Gasteiger partial charge on any atom is -0.497 e. The number of nitrogens with one attached hydrogen (secondary N) is 1. The first-order chi connectivity index (χ1) is 9.22. The average Bonchev–Trinajstić information content (AvgIpc) is 2.47. The van der Waals surface area contributed by atoms with Crippen molar-refractivity contribution < 1.29 is 9.84 Å². The maximum atomic E-state index is 10.4. The summed E-state index contributed by atoms with van der Waals surface area (Å²) in [6.45, 7) is 3.33. The lowest BCUT2D eigenvalue weighted by atomic mass is 9.87. The van der Waals surface area contributed by atoms with Gasteiger partial charge in [0.05, 0.1) is 13.2 Å². The first kappa shape index (κ1) is 14.4. The molecule has 1 saturated heterocycles. The molecule has 0 aliphatic carbocycles. The second kappa shape index (κ2) is 6.92. The Kier molecular flexibility index (Phi) is 5.23. The van der Waals surface area contributed by atoms with E-state index in [2.05, 4.69) is 12.2 Å². The number of benzene rings is 1. The number of methoxy groups -OCH3 is 1. The van der Waals surface area contributed by atoms with Crippen LogP contribution >= 0.6 is 0 Å². The topological polar surface area (TPSA) is 41.5 Å².